The Morgan fingerprint density at radius 1 is 1.32 bits per heavy atom. The van der Waals surface area contributed by atoms with Crippen molar-refractivity contribution in [3.8, 4) is 5.75 Å². The Kier molecular flexibility index (Phi) is 4.24. The van der Waals surface area contributed by atoms with Crippen molar-refractivity contribution in [1.29, 1.82) is 0 Å². The van der Waals surface area contributed by atoms with Crippen molar-refractivity contribution in [2.45, 2.75) is 31.8 Å². The number of rotatable bonds is 4. The summed E-state index contributed by atoms with van der Waals surface area (Å²) in [4.78, 5) is 35.9. The van der Waals surface area contributed by atoms with Crippen LogP contribution in [-0.4, -0.2) is 37.2 Å². The van der Waals surface area contributed by atoms with E-state index >= 15 is 0 Å². The van der Waals surface area contributed by atoms with Gasteiger partial charge in [0.1, 0.15) is 11.4 Å². The summed E-state index contributed by atoms with van der Waals surface area (Å²) in [6.45, 7) is 3.21. The van der Waals surface area contributed by atoms with E-state index < -0.39 is 23.5 Å². The summed E-state index contributed by atoms with van der Waals surface area (Å²) in [5, 5.41) is 2.76. The molecule has 0 spiro atoms. The maximum absolute atomic E-state index is 12.4. The highest BCUT2D eigenvalue weighted by molar-refractivity contribution is 5.99. The molecular formula is C18H19NO6. The second-order valence-corrected chi connectivity index (χ2v) is 6.40. The van der Waals surface area contributed by atoms with Gasteiger partial charge in [-0.1, -0.05) is 18.2 Å². The predicted octanol–water partition coefficient (Wildman–Crippen LogP) is 1.43. The molecule has 0 radical (unpaired) electrons. The fraction of sp³-hybridized carbons (Fsp3) is 0.389. The van der Waals surface area contributed by atoms with Crippen molar-refractivity contribution < 1.29 is 28.6 Å². The van der Waals surface area contributed by atoms with Gasteiger partial charge < -0.3 is 19.5 Å². The van der Waals surface area contributed by atoms with E-state index in [0.29, 0.717) is 22.6 Å². The molecule has 1 amide bonds. The van der Waals surface area contributed by atoms with Crippen molar-refractivity contribution in [3.05, 3.63) is 41.1 Å². The van der Waals surface area contributed by atoms with Gasteiger partial charge in [0.25, 0.3) is 0 Å². The molecule has 3 rings (SSSR count). The molecule has 7 nitrogen and oxygen atoms in total. The van der Waals surface area contributed by atoms with Crippen LogP contribution in [0.3, 0.4) is 0 Å². The van der Waals surface area contributed by atoms with Crippen molar-refractivity contribution >= 4 is 17.8 Å². The fourth-order valence-electron chi connectivity index (χ4n) is 3.14. The molecule has 7 heteroatoms. The van der Waals surface area contributed by atoms with Crippen LogP contribution in [0.1, 0.15) is 31.7 Å². The Morgan fingerprint density at radius 3 is 2.76 bits per heavy atom. The molecule has 0 unspecified atom stereocenters. The minimum absolute atomic E-state index is 0.0998. The molecule has 0 aromatic heterocycles. The molecule has 1 N–H and O–H groups in total. The number of carbonyl (C=O) groups is 3. The van der Waals surface area contributed by atoms with E-state index in [1.54, 1.807) is 38.1 Å². The van der Waals surface area contributed by atoms with E-state index in [1.165, 1.54) is 7.11 Å². The van der Waals surface area contributed by atoms with Crippen LogP contribution < -0.4 is 10.1 Å². The van der Waals surface area contributed by atoms with Crippen LogP contribution in [0.25, 0.3) is 0 Å². The van der Waals surface area contributed by atoms with Crippen molar-refractivity contribution in [2.75, 3.05) is 13.7 Å². The zero-order valence-electron chi connectivity index (χ0n) is 14.3. The summed E-state index contributed by atoms with van der Waals surface area (Å²) in [7, 11) is 1.27. The highest BCUT2D eigenvalue weighted by Crippen LogP contribution is 2.44. The number of hydrogen-bond donors (Lipinski definition) is 1. The van der Waals surface area contributed by atoms with Crippen LogP contribution in [0.15, 0.2) is 35.5 Å². The van der Waals surface area contributed by atoms with Crippen LogP contribution >= 0.6 is 0 Å². The van der Waals surface area contributed by atoms with E-state index in [-0.39, 0.29) is 18.9 Å². The van der Waals surface area contributed by atoms with E-state index in [9.17, 15) is 14.4 Å². The van der Waals surface area contributed by atoms with Gasteiger partial charge in [0.15, 0.2) is 6.61 Å². The maximum atomic E-state index is 12.4. The Balaban J connectivity index is 2.01. The first-order valence-electron chi connectivity index (χ1n) is 7.90. The summed E-state index contributed by atoms with van der Waals surface area (Å²) in [5.41, 5.74) is 0.686. The number of esters is 2. The van der Waals surface area contributed by atoms with E-state index in [1.807, 2.05) is 0 Å². The molecule has 0 saturated carbocycles. The largest absolute Gasteiger partial charge is 0.482 e. The van der Waals surface area contributed by atoms with Gasteiger partial charge in [0.05, 0.1) is 18.4 Å². The average molecular weight is 345 g/mol. The second kappa shape index (κ2) is 6.23. The van der Waals surface area contributed by atoms with Crippen LogP contribution in [0, 0.1) is 0 Å². The molecule has 2 aliphatic rings. The molecule has 1 aromatic carbocycles. The lowest BCUT2D eigenvalue weighted by Gasteiger charge is -2.27. The fourth-order valence-corrected chi connectivity index (χ4v) is 3.14. The number of carbonyl (C=O) groups excluding carboxylic acids is 3. The Morgan fingerprint density at radius 2 is 2.04 bits per heavy atom. The minimum Gasteiger partial charge on any atom is -0.482 e. The maximum Gasteiger partial charge on any atom is 0.343 e. The molecule has 2 heterocycles. The molecule has 0 bridgehead atoms. The van der Waals surface area contributed by atoms with Gasteiger partial charge in [-0.2, -0.15) is 0 Å². The van der Waals surface area contributed by atoms with Gasteiger partial charge in [-0.15, -0.1) is 0 Å². The summed E-state index contributed by atoms with van der Waals surface area (Å²) in [6, 6.07) is 7.01. The van der Waals surface area contributed by atoms with Crippen molar-refractivity contribution in [2.24, 2.45) is 0 Å². The number of ether oxygens (including phenoxy) is 3. The molecule has 1 aromatic rings. The average Bonchev–Trinajstić information content (AvgIpc) is 2.81. The lowest BCUT2D eigenvalue weighted by molar-refractivity contribution is -0.145. The highest BCUT2D eigenvalue weighted by atomic mass is 16.6. The van der Waals surface area contributed by atoms with Crippen LogP contribution in [0.5, 0.6) is 5.75 Å². The van der Waals surface area contributed by atoms with Gasteiger partial charge in [-0.25, -0.2) is 9.59 Å². The molecule has 1 atom stereocenters. The molecule has 25 heavy (non-hydrogen) atoms. The number of para-hydroxylation sites is 1. The lowest BCUT2D eigenvalue weighted by Crippen LogP contribution is -2.38. The highest BCUT2D eigenvalue weighted by Gasteiger charge is 2.48. The first kappa shape index (κ1) is 17.0. The van der Waals surface area contributed by atoms with Gasteiger partial charge in [0.2, 0.25) is 5.91 Å². The third-order valence-corrected chi connectivity index (χ3v) is 4.31. The monoisotopic (exact) mass is 345 g/mol. The van der Waals surface area contributed by atoms with Gasteiger partial charge in [0, 0.05) is 17.9 Å². The smallest absolute Gasteiger partial charge is 0.343 e. The molecule has 132 valence electrons. The van der Waals surface area contributed by atoms with Gasteiger partial charge >= 0.3 is 11.9 Å². The molecule has 0 aliphatic carbocycles. The Hall–Kier alpha value is -2.83. The molecular weight excluding hydrogens is 326 g/mol. The Bertz CT molecular complexity index is 780. The second-order valence-electron chi connectivity index (χ2n) is 6.40. The van der Waals surface area contributed by atoms with Crippen molar-refractivity contribution in [3.63, 3.8) is 0 Å². The molecule has 2 aliphatic heterocycles. The number of methoxy groups -OCH3 is 1. The van der Waals surface area contributed by atoms with Crippen molar-refractivity contribution in [1.82, 2.24) is 5.32 Å². The van der Waals surface area contributed by atoms with Gasteiger partial charge in [-0.05, 0) is 19.9 Å². The predicted molar refractivity (Wildman–Crippen MR) is 86.7 cm³/mol. The summed E-state index contributed by atoms with van der Waals surface area (Å²) in [5.74, 6) is -1.23. The molecule has 0 fully saturated rings. The van der Waals surface area contributed by atoms with E-state index in [0.717, 1.165) is 0 Å². The number of nitrogens with one attached hydrogen (secondary N) is 1. The normalized spacial score (nSPS) is 21.3. The third-order valence-electron chi connectivity index (χ3n) is 4.31. The van der Waals surface area contributed by atoms with E-state index in [2.05, 4.69) is 10.1 Å². The number of hydrogen-bond acceptors (Lipinski definition) is 6. The zero-order valence-corrected chi connectivity index (χ0v) is 14.3. The van der Waals surface area contributed by atoms with Crippen LogP contribution in [0.2, 0.25) is 0 Å². The van der Waals surface area contributed by atoms with Crippen LogP contribution in [-0.2, 0) is 23.9 Å². The minimum atomic E-state index is -0.886. The summed E-state index contributed by atoms with van der Waals surface area (Å²) >= 11 is 0. The first-order chi connectivity index (χ1) is 11.8. The third kappa shape index (κ3) is 3.09. The standard InChI is InChI=1S/C18H19NO6/c1-18(2)16-15(17(22)25-18)11(8-13(20)19-16)10-6-4-5-7-12(10)24-9-14(21)23-3/h4-7,11H,8-9H2,1-3H3,(H,19,20)/t11-/m1/s1. The zero-order chi connectivity index (χ0) is 18.2. The van der Waals surface area contributed by atoms with E-state index in [4.69, 9.17) is 9.47 Å². The number of cyclic esters (lactones) is 1. The first-order valence-corrected chi connectivity index (χ1v) is 7.90. The molecule has 0 saturated heterocycles. The topological polar surface area (TPSA) is 90.9 Å². The summed E-state index contributed by atoms with van der Waals surface area (Å²) in [6.07, 6.45) is 0.0998. The quantitative estimate of drug-likeness (QED) is 0.830. The van der Waals surface area contributed by atoms with Crippen LogP contribution in [0.4, 0.5) is 0 Å². The summed E-state index contributed by atoms with van der Waals surface area (Å²) < 4.78 is 15.5. The SMILES string of the molecule is COC(=O)COc1ccccc1[C@H]1CC(=O)NC2=C1C(=O)OC2(C)C. The number of amides is 1. The lowest BCUT2D eigenvalue weighted by atomic mass is 9.82. The van der Waals surface area contributed by atoms with Gasteiger partial charge in [-0.3, -0.25) is 4.79 Å². The number of benzene rings is 1. The Labute approximate surface area is 144 Å².